The van der Waals surface area contributed by atoms with Crippen molar-refractivity contribution in [1.82, 2.24) is 24.9 Å². The number of aliphatic carboxylic acids is 1. The lowest BCUT2D eigenvalue weighted by atomic mass is 10.1. The highest BCUT2D eigenvalue weighted by Crippen LogP contribution is 2.11. The molecule has 0 aliphatic carbocycles. The number of nitrogens with one attached hydrogen (secondary N) is 2. The number of hydrogen-bond donors (Lipinski definition) is 3. The summed E-state index contributed by atoms with van der Waals surface area (Å²) in [7, 11) is 0. The van der Waals surface area contributed by atoms with Gasteiger partial charge in [-0.25, -0.2) is 9.78 Å². The zero-order valence-corrected chi connectivity index (χ0v) is 11.5. The molecule has 0 saturated carbocycles. The number of carboxylic acids is 1. The standard InChI is InChI=1S/C11H13N5O3S/c1-2-7-9(20-16-15-7)10(17)14-8(11(18)19)3-6-4-12-5-13-6/h4-5,8H,2-3H2,1H3,(H,12,13)(H,14,17)(H,18,19). The van der Waals surface area contributed by atoms with E-state index in [4.69, 9.17) is 5.11 Å². The second-order valence-electron chi connectivity index (χ2n) is 4.05. The maximum Gasteiger partial charge on any atom is 0.326 e. The molecule has 9 heteroatoms. The molecule has 2 aromatic heterocycles. The Hall–Kier alpha value is -2.29. The summed E-state index contributed by atoms with van der Waals surface area (Å²) >= 11 is 0.958. The molecule has 3 N–H and O–H groups in total. The zero-order chi connectivity index (χ0) is 14.5. The van der Waals surface area contributed by atoms with Gasteiger partial charge in [-0.15, -0.1) is 5.10 Å². The third-order valence-electron chi connectivity index (χ3n) is 2.68. The van der Waals surface area contributed by atoms with Gasteiger partial charge in [0.05, 0.1) is 12.0 Å². The van der Waals surface area contributed by atoms with Crippen LogP contribution in [0.5, 0.6) is 0 Å². The van der Waals surface area contributed by atoms with Crippen LogP contribution in [0.15, 0.2) is 12.5 Å². The summed E-state index contributed by atoms with van der Waals surface area (Å²) in [6, 6.07) is -1.03. The van der Waals surface area contributed by atoms with Crippen molar-refractivity contribution in [3.8, 4) is 0 Å². The first kappa shape index (κ1) is 14.1. The number of aryl methyl sites for hydroxylation is 1. The minimum atomic E-state index is -1.11. The van der Waals surface area contributed by atoms with E-state index in [1.54, 1.807) is 0 Å². The minimum absolute atomic E-state index is 0.134. The summed E-state index contributed by atoms with van der Waals surface area (Å²) in [5, 5.41) is 15.5. The normalized spacial score (nSPS) is 12.1. The van der Waals surface area contributed by atoms with Crippen LogP contribution in [0, 0.1) is 0 Å². The van der Waals surface area contributed by atoms with Crippen molar-refractivity contribution in [2.45, 2.75) is 25.8 Å². The number of amides is 1. The fraction of sp³-hybridized carbons (Fsp3) is 0.364. The first-order valence-electron chi connectivity index (χ1n) is 5.94. The topological polar surface area (TPSA) is 121 Å². The van der Waals surface area contributed by atoms with E-state index >= 15 is 0 Å². The highest BCUT2D eigenvalue weighted by molar-refractivity contribution is 7.08. The van der Waals surface area contributed by atoms with Crippen LogP contribution in [0.3, 0.4) is 0 Å². The summed E-state index contributed by atoms with van der Waals surface area (Å²) in [6.07, 6.45) is 3.68. The number of imidazole rings is 1. The smallest absolute Gasteiger partial charge is 0.326 e. The summed E-state index contributed by atoms with van der Waals surface area (Å²) < 4.78 is 3.71. The Morgan fingerprint density at radius 3 is 2.95 bits per heavy atom. The molecule has 1 atom stereocenters. The third kappa shape index (κ3) is 3.18. The second kappa shape index (κ2) is 6.24. The van der Waals surface area contributed by atoms with Crippen molar-refractivity contribution in [1.29, 1.82) is 0 Å². The first-order valence-corrected chi connectivity index (χ1v) is 6.71. The lowest BCUT2D eigenvalue weighted by molar-refractivity contribution is -0.139. The van der Waals surface area contributed by atoms with Crippen LogP contribution >= 0.6 is 11.5 Å². The molecule has 1 unspecified atom stereocenters. The molecule has 0 aliphatic heterocycles. The van der Waals surface area contributed by atoms with Crippen molar-refractivity contribution in [3.63, 3.8) is 0 Å². The molecular formula is C11H13N5O3S. The van der Waals surface area contributed by atoms with E-state index in [9.17, 15) is 9.59 Å². The molecule has 0 bridgehead atoms. The van der Waals surface area contributed by atoms with Gasteiger partial charge in [-0.1, -0.05) is 11.4 Å². The Bertz CT molecular complexity index is 595. The fourth-order valence-electron chi connectivity index (χ4n) is 1.65. The molecule has 20 heavy (non-hydrogen) atoms. The number of carbonyl (C=O) groups is 2. The molecule has 106 valence electrons. The van der Waals surface area contributed by atoms with Crippen molar-refractivity contribution >= 4 is 23.4 Å². The molecule has 0 aromatic carbocycles. The van der Waals surface area contributed by atoms with Crippen LogP contribution in [0.25, 0.3) is 0 Å². The van der Waals surface area contributed by atoms with Crippen molar-refractivity contribution < 1.29 is 14.7 Å². The van der Waals surface area contributed by atoms with Crippen molar-refractivity contribution in [2.75, 3.05) is 0 Å². The van der Waals surface area contributed by atoms with Gasteiger partial charge in [-0.05, 0) is 18.0 Å². The van der Waals surface area contributed by atoms with Gasteiger partial charge >= 0.3 is 5.97 Å². The Balaban J connectivity index is 2.08. The van der Waals surface area contributed by atoms with Crippen LogP contribution in [-0.2, 0) is 17.6 Å². The number of rotatable bonds is 6. The van der Waals surface area contributed by atoms with Crippen LogP contribution < -0.4 is 5.32 Å². The predicted octanol–water partition coefficient (Wildman–Crippen LogP) is 0.249. The number of hydrogen-bond acceptors (Lipinski definition) is 6. The Kier molecular flexibility index (Phi) is 4.41. The number of carbonyl (C=O) groups excluding carboxylic acids is 1. The Morgan fingerprint density at radius 1 is 1.55 bits per heavy atom. The molecular weight excluding hydrogens is 282 g/mol. The Morgan fingerprint density at radius 2 is 2.35 bits per heavy atom. The minimum Gasteiger partial charge on any atom is -0.480 e. The average Bonchev–Trinajstić information content (AvgIpc) is 3.08. The summed E-state index contributed by atoms with van der Waals surface area (Å²) in [6.45, 7) is 1.85. The van der Waals surface area contributed by atoms with E-state index in [-0.39, 0.29) is 6.42 Å². The fourth-order valence-corrected chi connectivity index (χ4v) is 2.31. The van der Waals surface area contributed by atoms with Gasteiger partial charge in [-0.2, -0.15) is 0 Å². The largest absolute Gasteiger partial charge is 0.480 e. The number of aromatic amines is 1. The van der Waals surface area contributed by atoms with E-state index in [2.05, 4.69) is 24.9 Å². The quantitative estimate of drug-likeness (QED) is 0.702. The van der Waals surface area contributed by atoms with Crippen molar-refractivity contribution in [3.05, 3.63) is 28.8 Å². The average molecular weight is 295 g/mol. The molecule has 8 nitrogen and oxygen atoms in total. The van der Waals surface area contributed by atoms with Crippen LogP contribution in [0.1, 0.15) is 28.0 Å². The van der Waals surface area contributed by atoms with Gasteiger partial charge in [0, 0.05) is 18.3 Å². The zero-order valence-electron chi connectivity index (χ0n) is 10.7. The number of H-pyrrole nitrogens is 1. The molecule has 0 saturated heterocycles. The van der Waals surface area contributed by atoms with Gasteiger partial charge in [0.1, 0.15) is 10.9 Å². The van der Waals surface area contributed by atoms with Gasteiger partial charge in [-0.3, -0.25) is 4.79 Å². The number of carboxylic acid groups (broad SMARTS) is 1. The summed E-state index contributed by atoms with van der Waals surface area (Å²) in [5.74, 6) is -1.58. The lowest BCUT2D eigenvalue weighted by Crippen LogP contribution is -2.42. The highest BCUT2D eigenvalue weighted by Gasteiger charge is 2.24. The van der Waals surface area contributed by atoms with Gasteiger partial charge in [0.2, 0.25) is 0 Å². The monoisotopic (exact) mass is 295 g/mol. The molecule has 2 rings (SSSR count). The second-order valence-corrected chi connectivity index (χ2v) is 4.80. The van der Waals surface area contributed by atoms with E-state index in [0.29, 0.717) is 22.7 Å². The molecule has 0 aliphatic rings. The van der Waals surface area contributed by atoms with E-state index < -0.39 is 17.9 Å². The van der Waals surface area contributed by atoms with E-state index in [0.717, 1.165) is 11.5 Å². The molecule has 0 spiro atoms. The maximum atomic E-state index is 12.1. The molecule has 1 amide bonds. The van der Waals surface area contributed by atoms with E-state index in [1.165, 1.54) is 12.5 Å². The highest BCUT2D eigenvalue weighted by atomic mass is 32.1. The van der Waals surface area contributed by atoms with Crippen LogP contribution in [0.4, 0.5) is 0 Å². The third-order valence-corrected chi connectivity index (χ3v) is 3.45. The van der Waals surface area contributed by atoms with Gasteiger partial charge in [0.25, 0.3) is 5.91 Å². The Labute approximate surface area is 118 Å². The maximum absolute atomic E-state index is 12.1. The number of aromatic nitrogens is 4. The predicted molar refractivity (Wildman–Crippen MR) is 70.5 cm³/mol. The SMILES string of the molecule is CCc1nnsc1C(=O)NC(Cc1cnc[nH]1)C(=O)O. The number of nitrogens with zero attached hydrogens (tertiary/aromatic N) is 3. The first-order chi connectivity index (χ1) is 9.61. The van der Waals surface area contributed by atoms with Crippen molar-refractivity contribution in [2.24, 2.45) is 0 Å². The van der Waals surface area contributed by atoms with Crippen LogP contribution in [-0.4, -0.2) is 42.6 Å². The summed E-state index contributed by atoms with van der Waals surface area (Å²) in [5.41, 5.74) is 1.20. The van der Waals surface area contributed by atoms with Gasteiger partial charge < -0.3 is 15.4 Å². The molecule has 0 radical (unpaired) electrons. The summed E-state index contributed by atoms with van der Waals surface area (Å²) in [4.78, 5) is 30.2. The molecule has 2 aromatic rings. The van der Waals surface area contributed by atoms with Crippen LogP contribution in [0.2, 0.25) is 0 Å². The molecule has 2 heterocycles. The molecule has 0 fully saturated rings. The van der Waals surface area contributed by atoms with Gasteiger partial charge in [0.15, 0.2) is 0 Å². The lowest BCUT2D eigenvalue weighted by Gasteiger charge is -2.13. The van der Waals surface area contributed by atoms with E-state index in [1.807, 2.05) is 6.92 Å².